The number of rotatable bonds is 4. The second-order valence-corrected chi connectivity index (χ2v) is 9.40. The number of halogens is 1. The van der Waals surface area contributed by atoms with E-state index in [1.54, 1.807) is 42.5 Å². The van der Waals surface area contributed by atoms with Crippen molar-refractivity contribution in [1.82, 2.24) is 10.2 Å². The largest absolute Gasteiger partial charge is 0.331 e. The number of benzene rings is 2. The third-order valence-corrected chi connectivity index (χ3v) is 7.53. The van der Waals surface area contributed by atoms with E-state index in [1.165, 1.54) is 17.4 Å². The lowest BCUT2D eigenvalue weighted by Gasteiger charge is -2.28. The summed E-state index contributed by atoms with van der Waals surface area (Å²) < 4.78 is 27.4. The van der Waals surface area contributed by atoms with E-state index < -0.39 is 10.0 Å². The third-order valence-electron chi connectivity index (χ3n) is 5.75. The second kappa shape index (κ2) is 8.73. The van der Waals surface area contributed by atoms with E-state index >= 15 is 0 Å². The molecule has 0 aromatic heterocycles. The van der Waals surface area contributed by atoms with Gasteiger partial charge in [0.2, 0.25) is 0 Å². The highest BCUT2D eigenvalue weighted by Gasteiger charge is 2.38. The predicted molar refractivity (Wildman–Crippen MR) is 116 cm³/mol. The predicted octanol–water partition coefficient (Wildman–Crippen LogP) is 2.90. The molecule has 2 saturated heterocycles. The minimum atomic E-state index is -3.75. The molecule has 6 nitrogen and oxygen atoms in total. The summed E-state index contributed by atoms with van der Waals surface area (Å²) in [6.07, 6.45) is 2.96. The fourth-order valence-corrected chi connectivity index (χ4v) is 5.43. The molecular formula is C21H26ClN3O3S. The summed E-state index contributed by atoms with van der Waals surface area (Å²) in [5.74, 6) is -0.0735. The Balaban J connectivity index is 0.00000240. The summed E-state index contributed by atoms with van der Waals surface area (Å²) in [7, 11) is -2.22. The summed E-state index contributed by atoms with van der Waals surface area (Å²) >= 11 is 0. The lowest BCUT2D eigenvalue weighted by Crippen LogP contribution is -2.42. The molecule has 0 spiro atoms. The molecule has 8 heteroatoms. The Morgan fingerprint density at radius 1 is 1.03 bits per heavy atom. The molecule has 2 aliphatic rings. The maximum Gasteiger partial charge on any atom is 0.264 e. The SMILES string of the molecule is CN(c1ccccc1)S(=O)(=O)c1cccc(C(=O)N2C3CCNCC2CC3)c1.Cl. The molecule has 1 N–H and O–H groups in total. The standard InChI is InChI=1S/C21H25N3O3S.ClH/c1-23(17-7-3-2-4-8-17)28(26,27)20-9-5-6-16(14-20)21(25)24-18-10-11-19(24)15-22-13-12-18;/h2-9,14,18-19,22H,10-13,15H2,1H3;1H. The molecule has 2 aromatic rings. The lowest BCUT2D eigenvalue weighted by atomic mass is 10.1. The molecule has 29 heavy (non-hydrogen) atoms. The first kappa shape index (κ1) is 21.6. The number of carbonyl (C=O) groups excluding carboxylic acids is 1. The van der Waals surface area contributed by atoms with Gasteiger partial charge in [-0.3, -0.25) is 9.10 Å². The van der Waals surface area contributed by atoms with Gasteiger partial charge in [-0.05, 0) is 56.1 Å². The minimum absolute atomic E-state index is 0. The van der Waals surface area contributed by atoms with Crippen LogP contribution in [0.4, 0.5) is 5.69 Å². The van der Waals surface area contributed by atoms with Gasteiger partial charge < -0.3 is 10.2 Å². The van der Waals surface area contributed by atoms with Gasteiger partial charge in [0.25, 0.3) is 15.9 Å². The van der Waals surface area contributed by atoms with Crippen molar-refractivity contribution in [3.05, 3.63) is 60.2 Å². The average molecular weight is 436 g/mol. The first-order valence-electron chi connectivity index (χ1n) is 9.66. The van der Waals surface area contributed by atoms with Crippen LogP contribution in [0.5, 0.6) is 0 Å². The van der Waals surface area contributed by atoms with Crippen molar-refractivity contribution in [2.24, 2.45) is 0 Å². The molecule has 4 rings (SSSR count). The van der Waals surface area contributed by atoms with Crippen molar-refractivity contribution in [3.8, 4) is 0 Å². The van der Waals surface area contributed by atoms with E-state index in [9.17, 15) is 13.2 Å². The van der Waals surface area contributed by atoms with Crippen LogP contribution in [0.2, 0.25) is 0 Å². The second-order valence-electron chi connectivity index (χ2n) is 7.43. The van der Waals surface area contributed by atoms with E-state index in [0.717, 1.165) is 32.4 Å². The Morgan fingerprint density at radius 2 is 1.76 bits per heavy atom. The number of hydrogen-bond acceptors (Lipinski definition) is 4. The minimum Gasteiger partial charge on any atom is -0.331 e. The molecule has 0 aliphatic carbocycles. The van der Waals surface area contributed by atoms with Gasteiger partial charge in [0.1, 0.15) is 0 Å². The zero-order chi connectivity index (χ0) is 19.7. The highest BCUT2D eigenvalue weighted by Crippen LogP contribution is 2.30. The highest BCUT2D eigenvalue weighted by molar-refractivity contribution is 7.92. The Bertz CT molecular complexity index is 954. The number of nitrogens with one attached hydrogen (secondary N) is 1. The number of fused-ring (bicyclic) bond motifs is 2. The zero-order valence-electron chi connectivity index (χ0n) is 16.3. The molecule has 1 amide bonds. The van der Waals surface area contributed by atoms with Gasteiger partial charge in [-0.15, -0.1) is 12.4 Å². The quantitative estimate of drug-likeness (QED) is 0.801. The topological polar surface area (TPSA) is 69.7 Å². The molecule has 0 radical (unpaired) electrons. The molecule has 156 valence electrons. The lowest BCUT2D eigenvalue weighted by molar-refractivity contribution is 0.0680. The summed E-state index contributed by atoms with van der Waals surface area (Å²) in [6, 6.07) is 15.8. The van der Waals surface area contributed by atoms with Crippen LogP contribution in [0.25, 0.3) is 0 Å². The van der Waals surface area contributed by atoms with Gasteiger partial charge in [0.05, 0.1) is 10.6 Å². The number of carbonyl (C=O) groups is 1. The summed E-state index contributed by atoms with van der Waals surface area (Å²) in [5.41, 5.74) is 1.01. The Hall–Kier alpha value is -2.09. The van der Waals surface area contributed by atoms with Crippen LogP contribution < -0.4 is 9.62 Å². The monoisotopic (exact) mass is 435 g/mol. The molecule has 0 saturated carbocycles. The van der Waals surface area contributed by atoms with E-state index in [2.05, 4.69) is 5.32 Å². The van der Waals surface area contributed by atoms with Crippen LogP contribution in [0.3, 0.4) is 0 Å². The van der Waals surface area contributed by atoms with Crippen LogP contribution in [0, 0.1) is 0 Å². The number of hydrogen-bond donors (Lipinski definition) is 1. The molecular weight excluding hydrogens is 410 g/mol. The van der Waals surface area contributed by atoms with Gasteiger partial charge in [0.15, 0.2) is 0 Å². The maximum absolute atomic E-state index is 13.2. The number of amides is 1. The first-order chi connectivity index (χ1) is 13.5. The summed E-state index contributed by atoms with van der Waals surface area (Å²) in [6.45, 7) is 1.72. The Kier molecular flexibility index (Phi) is 6.51. The molecule has 2 aromatic carbocycles. The van der Waals surface area contributed by atoms with Gasteiger partial charge in [0, 0.05) is 31.2 Å². The first-order valence-corrected chi connectivity index (χ1v) is 11.1. The van der Waals surface area contributed by atoms with Crippen molar-refractivity contribution in [1.29, 1.82) is 0 Å². The van der Waals surface area contributed by atoms with Crippen LogP contribution in [0.1, 0.15) is 29.6 Å². The molecule has 2 heterocycles. The molecule has 2 bridgehead atoms. The summed E-state index contributed by atoms with van der Waals surface area (Å²) in [5, 5.41) is 3.39. The van der Waals surface area contributed by atoms with Crippen molar-refractivity contribution in [2.45, 2.75) is 36.2 Å². The maximum atomic E-state index is 13.2. The van der Waals surface area contributed by atoms with Crippen LogP contribution in [-0.2, 0) is 10.0 Å². The number of sulfonamides is 1. The average Bonchev–Trinajstić information content (AvgIpc) is 3.00. The normalized spacial score (nSPS) is 21.2. The molecule has 2 aliphatic heterocycles. The van der Waals surface area contributed by atoms with E-state index in [0.29, 0.717) is 11.3 Å². The van der Waals surface area contributed by atoms with Gasteiger partial charge in [-0.25, -0.2) is 8.42 Å². The van der Waals surface area contributed by atoms with Crippen molar-refractivity contribution in [2.75, 3.05) is 24.4 Å². The van der Waals surface area contributed by atoms with E-state index in [1.807, 2.05) is 11.0 Å². The van der Waals surface area contributed by atoms with Gasteiger partial charge in [-0.2, -0.15) is 0 Å². The van der Waals surface area contributed by atoms with Crippen LogP contribution in [-0.4, -0.2) is 51.4 Å². The van der Waals surface area contributed by atoms with Gasteiger partial charge in [-0.1, -0.05) is 24.3 Å². The zero-order valence-corrected chi connectivity index (χ0v) is 18.0. The van der Waals surface area contributed by atoms with E-state index in [4.69, 9.17) is 0 Å². The number of anilines is 1. The number of nitrogens with zero attached hydrogens (tertiary/aromatic N) is 2. The Labute approximate surface area is 178 Å². The molecule has 2 unspecified atom stereocenters. The van der Waals surface area contributed by atoms with Crippen molar-refractivity contribution in [3.63, 3.8) is 0 Å². The van der Waals surface area contributed by atoms with Crippen LogP contribution >= 0.6 is 12.4 Å². The Morgan fingerprint density at radius 3 is 2.52 bits per heavy atom. The third kappa shape index (κ3) is 4.13. The molecule has 2 atom stereocenters. The van der Waals surface area contributed by atoms with Crippen molar-refractivity contribution >= 4 is 34.0 Å². The van der Waals surface area contributed by atoms with Crippen molar-refractivity contribution < 1.29 is 13.2 Å². The fourth-order valence-electron chi connectivity index (χ4n) is 4.19. The number of para-hydroxylation sites is 1. The smallest absolute Gasteiger partial charge is 0.264 e. The van der Waals surface area contributed by atoms with Gasteiger partial charge >= 0.3 is 0 Å². The fraction of sp³-hybridized carbons (Fsp3) is 0.381. The van der Waals surface area contributed by atoms with E-state index in [-0.39, 0.29) is 35.3 Å². The summed E-state index contributed by atoms with van der Waals surface area (Å²) in [4.78, 5) is 15.3. The molecule has 2 fully saturated rings. The highest BCUT2D eigenvalue weighted by atomic mass is 35.5. The van der Waals surface area contributed by atoms with Crippen LogP contribution in [0.15, 0.2) is 59.5 Å².